The third-order valence-corrected chi connectivity index (χ3v) is 5.86. The summed E-state index contributed by atoms with van der Waals surface area (Å²) < 4.78 is 19.1. The molecule has 7 nitrogen and oxygen atoms in total. The molecule has 0 saturated carbocycles. The first kappa shape index (κ1) is 22.9. The van der Waals surface area contributed by atoms with Gasteiger partial charge in [-0.15, -0.1) is 0 Å². The average molecular weight is 454 g/mol. The Morgan fingerprint density at radius 3 is 2.21 bits per heavy atom. The Labute approximate surface area is 192 Å². The normalized spacial score (nSPS) is 17.3. The van der Waals surface area contributed by atoms with E-state index in [1.807, 2.05) is 11.8 Å². The monoisotopic (exact) mass is 453 g/mol. The van der Waals surface area contributed by atoms with E-state index in [-0.39, 0.29) is 6.61 Å². The molecule has 2 aliphatic heterocycles. The summed E-state index contributed by atoms with van der Waals surface area (Å²) >= 11 is 0. The van der Waals surface area contributed by atoms with E-state index in [0.29, 0.717) is 67.6 Å². The van der Waals surface area contributed by atoms with E-state index in [2.05, 4.69) is 4.90 Å². The number of carbonyl (C=O) groups excluding carboxylic acids is 2. The zero-order chi connectivity index (χ0) is 23.4. The summed E-state index contributed by atoms with van der Waals surface area (Å²) in [7, 11) is 0. The predicted molar refractivity (Wildman–Crippen MR) is 123 cm³/mol. The lowest BCUT2D eigenvalue weighted by molar-refractivity contribution is -0.120. The highest BCUT2D eigenvalue weighted by molar-refractivity contribution is 6.45. The summed E-state index contributed by atoms with van der Waals surface area (Å²) in [5.41, 5.74) is 1.66. The third-order valence-electron chi connectivity index (χ3n) is 5.86. The van der Waals surface area contributed by atoms with E-state index in [0.717, 1.165) is 11.3 Å². The lowest BCUT2D eigenvalue weighted by Gasteiger charge is -2.36. The Morgan fingerprint density at radius 1 is 0.939 bits per heavy atom. The maximum atomic E-state index is 13.5. The highest BCUT2D eigenvalue weighted by Crippen LogP contribution is 2.35. The lowest BCUT2D eigenvalue weighted by Crippen LogP contribution is -2.48. The number of rotatable bonds is 8. The molecule has 8 heteroatoms. The molecule has 2 heterocycles. The number of amides is 2. The van der Waals surface area contributed by atoms with E-state index in [1.165, 1.54) is 24.3 Å². The molecule has 0 radical (unpaired) electrons. The van der Waals surface area contributed by atoms with Crippen LogP contribution in [-0.2, 0) is 9.59 Å². The topological polar surface area (TPSA) is 73.3 Å². The summed E-state index contributed by atoms with van der Waals surface area (Å²) in [5, 5.41) is 9.21. The number of β-amino-alcohol motifs (C(OH)–C–C–N with tert-alkyl or cyclic N) is 1. The molecule has 174 valence electrons. The van der Waals surface area contributed by atoms with Crippen LogP contribution in [0.4, 0.5) is 10.1 Å². The first-order valence-corrected chi connectivity index (χ1v) is 11.2. The minimum absolute atomic E-state index is 0.0795. The fraction of sp³-hybridized carbons (Fsp3) is 0.360. The van der Waals surface area contributed by atoms with Gasteiger partial charge in [0.05, 0.1) is 24.5 Å². The first-order valence-electron chi connectivity index (χ1n) is 11.2. The number of hydrogen-bond acceptors (Lipinski definition) is 6. The molecule has 2 amide bonds. The minimum Gasteiger partial charge on any atom is -0.494 e. The number of aliphatic hydroxyl groups is 1. The molecule has 0 bridgehead atoms. The molecule has 0 aromatic heterocycles. The predicted octanol–water partition coefficient (Wildman–Crippen LogP) is 2.51. The number of carbonyl (C=O) groups is 2. The molecule has 1 N–H and O–H groups in total. The molecule has 33 heavy (non-hydrogen) atoms. The number of nitrogens with zero attached hydrogens (tertiary/aromatic N) is 3. The van der Waals surface area contributed by atoms with Gasteiger partial charge in [0.15, 0.2) is 0 Å². The van der Waals surface area contributed by atoms with Crippen molar-refractivity contribution in [1.29, 1.82) is 0 Å². The van der Waals surface area contributed by atoms with Crippen LogP contribution in [0, 0.1) is 5.82 Å². The Hall–Kier alpha value is -3.23. The van der Waals surface area contributed by atoms with E-state index >= 15 is 0 Å². The standard InChI is InChI=1S/C25H28FN3O4/c1-2-17-33-21-9-3-18(4-10-21)22-23(28-13-11-27(12-14-28)15-16-30)25(32)29(24(22)31)20-7-5-19(26)6-8-20/h3-10,30H,2,11-17H2,1H3. The maximum Gasteiger partial charge on any atom is 0.282 e. The fourth-order valence-electron chi connectivity index (χ4n) is 4.17. The van der Waals surface area contributed by atoms with Crippen LogP contribution in [0.2, 0.25) is 0 Å². The molecule has 1 saturated heterocycles. The van der Waals surface area contributed by atoms with Crippen LogP contribution in [0.5, 0.6) is 5.75 Å². The van der Waals surface area contributed by atoms with Crippen molar-refractivity contribution in [2.75, 3.05) is 50.8 Å². The molecule has 2 aromatic carbocycles. The van der Waals surface area contributed by atoms with Crippen molar-refractivity contribution in [3.05, 3.63) is 65.6 Å². The van der Waals surface area contributed by atoms with Crippen molar-refractivity contribution in [3.63, 3.8) is 0 Å². The van der Waals surface area contributed by atoms with Crippen LogP contribution in [-0.4, -0.2) is 72.7 Å². The van der Waals surface area contributed by atoms with Gasteiger partial charge in [0, 0.05) is 32.7 Å². The average Bonchev–Trinajstić information content (AvgIpc) is 3.09. The van der Waals surface area contributed by atoms with Crippen LogP contribution in [0.15, 0.2) is 54.2 Å². The fourth-order valence-corrected chi connectivity index (χ4v) is 4.17. The molecule has 0 aliphatic carbocycles. The molecular formula is C25H28FN3O4. The van der Waals surface area contributed by atoms with Gasteiger partial charge in [-0.3, -0.25) is 14.5 Å². The van der Waals surface area contributed by atoms with Gasteiger partial charge >= 0.3 is 0 Å². The number of aliphatic hydroxyl groups excluding tert-OH is 1. The SMILES string of the molecule is CCCOc1ccc(C2=C(N3CCN(CCO)CC3)C(=O)N(c3ccc(F)cc3)C2=O)cc1. The first-order chi connectivity index (χ1) is 16.0. The van der Waals surface area contributed by atoms with Crippen LogP contribution in [0.25, 0.3) is 5.57 Å². The third kappa shape index (κ3) is 4.77. The number of hydrogen-bond donors (Lipinski definition) is 1. The van der Waals surface area contributed by atoms with Gasteiger partial charge in [0.1, 0.15) is 17.3 Å². The minimum atomic E-state index is -0.436. The molecule has 2 aliphatic rings. The zero-order valence-electron chi connectivity index (χ0n) is 18.7. The van der Waals surface area contributed by atoms with Gasteiger partial charge in [0.2, 0.25) is 0 Å². The van der Waals surface area contributed by atoms with Crippen LogP contribution in [0.3, 0.4) is 0 Å². The van der Waals surface area contributed by atoms with Gasteiger partial charge in [-0.1, -0.05) is 19.1 Å². The zero-order valence-corrected chi connectivity index (χ0v) is 18.7. The van der Waals surface area contributed by atoms with Crippen molar-refractivity contribution in [2.24, 2.45) is 0 Å². The largest absolute Gasteiger partial charge is 0.494 e. The van der Waals surface area contributed by atoms with Crippen molar-refractivity contribution >= 4 is 23.1 Å². The number of halogens is 1. The Kier molecular flexibility index (Phi) is 7.05. The van der Waals surface area contributed by atoms with Gasteiger partial charge in [-0.2, -0.15) is 0 Å². The molecule has 2 aromatic rings. The molecule has 0 unspecified atom stereocenters. The second kappa shape index (κ2) is 10.1. The van der Waals surface area contributed by atoms with E-state index in [9.17, 15) is 19.1 Å². The summed E-state index contributed by atoms with van der Waals surface area (Å²) in [4.78, 5) is 32.2. The van der Waals surface area contributed by atoms with Gasteiger partial charge in [-0.05, 0) is 48.4 Å². The summed E-state index contributed by atoms with van der Waals surface area (Å²) in [6.45, 7) is 5.77. The van der Waals surface area contributed by atoms with Crippen LogP contribution < -0.4 is 9.64 Å². The van der Waals surface area contributed by atoms with E-state index < -0.39 is 17.6 Å². The summed E-state index contributed by atoms with van der Waals surface area (Å²) in [5.74, 6) is -0.577. The number of ether oxygens (including phenoxy) is 1. The smallest absolute Gasteiger partial charge is 0.282 e. The van der Waals surface area contributed by atoms with Crippen molar-refractivity contribution in [2.45, 2.75) is 13.3 Å². The van der Waals surface area contributed by atoms with E-state index in [4.69, 9.17) is 4.74 Å². The van der Waals surface area contributed by atoms with Gasteiger partial charge in [0.25, 0.3) is 11.8 Å². The highest BCUT2D eigenvalue weighted by atomic mass is 19.1. The Bertz CT molecular complexity index is 1030. The van der Waals surface area contributed by atoms with Crippen molar-refractivity contribution < 1.29 is 23.8 Å². The van der Waals surface area contributed by atoms with Gasteiger partial charge < -0.3 is 14.7 Å². The second-order valence-corrected chi connectivity index (χ2v) is 8.07. The van der Waals surface area contributed by atoms with Crippen LogP contribution >= 0.6 is 0 Å². The maximum absolute atomic E-state index is 13.5. The highest BCUT2D eigenvalue weighted by Gasteiger charge is 2.43. The molecular weight excluding hydrogens is 425 g/mol. The van der Waals surface area contributed by atoms with Crippen molar-refractivity contribution in [1.82, 2.24) is 9.80 Å². The summed E-state index contributed by atoms with van der Waals surface area (Å²) in [6, 6.07) is 12.5. The van der Waals surface area contributed by atoms with Gasteiger partial charge in [-0.25, -0.2) is 9.29 Å². The van der Waals surface area contributed by atoms with Crippen molar-refractivity contribution in [3.8, 4) is 5.75 Å². The quantitative estimate of drug-likeness (QED) is 0.620. The Balaban J connectivity index is 1.69. The summed E-state index contributed by atoms with van der Waals surface area (Å²) in [6.07, 6.45) is 0.888. The van der Waals surface area contributed by atoms with Crippen LogP contribution in [0.1, 0.15) is 18.9 Å². The second-order valence-electron chi connectivity index (χ2n) is 8.07. The van der Waals surface area contributed by atoms with E-state index in [1.54, 1.807) is 24.3 Å². The molecule has 0 atom stereocenters. The number of benzene rings is 2. The molecule has 4 rings (SSSR count). The number of imide groups is 1. The number of anilines is 1. The lowest BCUT2D eigenvalue weighted by atomic mass is 10.0. The number of piperazine rings is 1. The Morgan fingerprint density at radius 2 is 1.61 bits per heavy atom. The molecule has 0 spiro atoms. The molecule has 1 fully saturated rings.